The van der Waals surface area contributed by atoms with Gasteiger partial charge in [0, 0.05) is 6.42 Å². The highest BCUT2D eigenvalue weighted by Crippen LogP contribution is 2.42. The lowest BCUT2D eigenvalue weighted by Gasteiger charge is -2.17. The molecule has 0 amide bonds. The Morgan fingerprint density at radius 3 is 3.00 bits per heavy atom. The maximum Gasteiger partial charge on any atom is 0.582 e. The summed E-state index contributed by atoms with van der Waals surface area (Å²) in [6.07, 6.45) is -0.717. The lowest BCUT2D eigenvalue weighted by atomic mass is 10.2. The van der Waals surface area contributed by atoms with Crippen molar-refractivity contribution >= 4 is 55.1 Å². The number of ether oxygens (including phenoxy) is 1. The molecule has 0 radical (unpaired) electrons. The molecule has 0 aliphatic carbocycles. The van der Waals surface area contributed by atoms with Crippen LogP contribution in [0, 0.1) is 0 Å². The molecular weight excluding hydrogens is 428 g/mol. The first-order chi connectivity index (χ1) is 12.1. The van der Waals surface area contributed by atoms with E-state index in [4.69, 9.17) is 19.5 Å². The van der Waals surface area contributed by atoms with Crippen LogP contribution in [-0.2, 0) is 30.2 Å². The molecule has 1 fully saturated rings. The van der Waals surface area contributed by atoms with Gasteiger partial charge in [-0.05, 0) is 16.4 Å². The Kier molecular flexibility index (Phi) is 5.78. The molecule has 1 saturated heterocycles. The van der Waals surface area contributed by atoms with Crippen molar-refractivity contribution in [1.82, 2.24) is 19.5 Å². The highest BCUT2D eigenvalue weighted by Gasteiger charge is 2.43. The molecule has 1 aliphatic rings. The van der Waals surface area contributed by atoms with Crippen molar-refractivity contribution in [3.05, 3.63) is 16.7 Å². The maximum atomic E-state index is 11.9. The molecule has 4 atom stereocenters. The van der Waals surface area contributed by atoms with Crippen LogP contribution in [0.3, 0.4) is 0 Å². The largest absolute Gasteiger partial charge is 0.582 e. The van der Waals surface area contributed by atoms with E-state index < -0.39 is 37.9 Å². The Hall–Kier alpha value is -0.950. The van der Waals surface area contributed by atoms with Gasteiger partial charge in [0.1, 0.15) is 30.7 Å². The number of nitrogen functional groups attached to an aromatic ring is 1. The molecule has 0 spiro atoms. The first-order valence-corrected chi connectivity index (χ1v) is 12.0. The van der Waals surface area contributed by atoms with Crippen LogP contribution in [0.1, 0.15) is 12.6 Å². The second kappa shape index (κ2) is 7.58. The third-order valence-electron chi connectivity index (χ3n) is 3.57. The number of imidazole rings is 1. The molecule has 5 N–H and O–H groups in total. The topological polar surface area (TPSA) is 175 Å². The molecule has 0 saturated carbocycles. The fraction of sp³-hybridized carbons (Fsp3) is 0.500. The summed E-state index contributed by atoms with van der Waals surface area (Å²) >= 11 is 8.11. The first kappa shape index (κ1) is 19.8. The summed E-state index contributed by atoms with van der Waals surface area (Å²) in [6.45, 7) is -4.20. The highest BCUT2D eigenvalue weighted by molar-refractivity contribution is 8.39. The molecule has 1 aliphatic heterocycles. The van der Waals surface area contributed by atoms with Crippen molar-refractivity contribution < 1.29 is 28.1 Å². The number of H-pyrrole nitrogens is 1. The van der Waals surface area contributed by atoms with Gasteiger partial charge in [-0.1, -0.05) is 0 Å². The molecule has 1 unspecified atom stereocenters. The van der Waals surface area contributed by atoms with Crippen molar-refractivity contribution in [3.63, 3.8) is 0 Å². The van der Waals surface area contributed by atoms with Crippen molar-refractivity contribution in [1.29, 1.82) is 0 Å². The number of hydrogen-bond donors (Lipinski definition) is 5. The zero-order chi connectivity index (χ0) is 19.1. The van der Waals surface area contributed by atoms with Crippen LogP contribution in [0.15, 0.2) is 11.1 Å². The molecular formula is C10H14N5O7P2S2+. The van der Waals surface area contributed by atoms with Gasteiger partial charge in [-0.25, -0.2) is 4.98 Å². The predicted octanol–water partition coefficient (Wildman–Crippen LogP) is 0.187. The second-order valence-electron chi connectivity index (χ2n) is 5.31. The fourth-order valence-electron chi connectivity index (χ4n) is 2.57. The smallest absolute Gasteiger partial charge is 0.369 e. The summed E-state index contributed by atoms with van der Waals surface area (Å²) in [5.74, 6) is -0.0883. The third-order valence-corrected chi connectivity index (χ3v) is 5.11. The number of nitrogens with two attached hydrogens (primary N) is 1. The molecule has 0 bridgehead atoms. The van der Waals surface area contributed by atoms with E-state index in [1.165, 1.54) is 10.9 Å². The SMILES string of the molecule is Nc1nc2c(ncn2[C@H]2C[C@H](O[P+](=O)S)[C@@H](COP(O)(O)=S)O2)c(=O)[nH]1. The normalized spacial score (nSPS) is 24.3. The average molecular weight is 442 g/mol. The summed E-state index contributed by atoms with van der Waals surface area (Å²) < 4.78 is 28.6. The molecule has 2 aromatic rings. The van der Waals surface area contributed by atoms with E-state index in [9.17, 15) is 19.1 Å². The number of anilines is 1. The van der Waals surface area contributed by atoms with E-state index in [-0.39, 0.29) is 30.1 Å². The van der Waals surface area contributed by atoms with Gasteiger partial charge in [0.25, 0.3) is 5.56 Å². The molecule has 3 rings (SSSR count). The second-order valence-corrected chi connectivity index (χ2v) is 9.64. The maximum absolute atomic E-state index is 11.9. The zero-order valence-electron chi connectivity index (χ0n) is 12.8. The van der Waals surface area contributed by atoms with Gasteiger partial charge in [-0.2, -0.15) is 4.98 Å². The van der Waals surface area contributed by atoms with Gasteiger partial charge in [0.2, 0.25) is 5.95 Å². The Balaban J connectivity index is 1.88. The molecule has 16 heteroatoms. The van der Waals surface area contributed by atoms with Gasteiger partial charge < -0.3 is 24.8 Å². The van der Waals surface area contributed by atoms with E-state index in [1.54, 1.807) is 0 Å². The third kappa shape index (κ3) is 4.47. The van der Waals surface area contributed by atoms with Crippen molar-refractivity contribution in [2.24, 2.45) is 0 Å². The number of hydrogen-bond acceptors (Lipinski definition) is 9. The highest BCUT2D eigenvalue weighted by atomic mass is 32.7. The molecule has 142 valence electrons. The van der Waals surface area contributed by atoms with Gasteiger partial charge >= 0.3 is 13.9 Å². The van der Waals surface area contributed by atoms with Crippen LogP contribution in [-0.4, -0.2) is 48.1 Å². The van der Waals surface area contributed by atoms with E-state index >= 15 is 0 Å². The van der Waals surface area contributed by atoms with Crippen LogP contribution in [0.2, 0.25) is 0 Å². The average Bonchev–Trinajstić information content (AvgIpc) is 3.07. The van der Waals surface area contributed by atoms with Crippen LogP contribution >= 0.6 is 26.2 Å². The number of fused-ring (bicyclic) bond motifs is 1. The van der Waals surface area contributed by atoms with Gasteiger partial charge in [-0.15, -0.1) is 4.52 Å². The lowest BCUT2D eigenvalue weighted by molar-refractivity contribution is -0.0347. The van der Waals surface area contributed by atoms with E-state index in [0.717, 1.165) is 0 Å². The Morgan fingerprint density at radius 2 is 2.35 bits per heavy atom. The van der Waals surface area contributed by atoms with Gasteiger partial charge in [0.15, 0.2) is 11.2 Å². The molecule has 26 heavy (non-hydrogen) atoms. The minimum Gasteiger partial charge on any atom is -0.369 e. The van der Waals surface area contributed by atoms with Crippen LogP contribution < -0.4 is 11.3 Å². The zero-order valence-corrected chi connectivity index (χ0v) is 16.3. The number of aromatic amines is 1. The number of aromatic nitrogens is 4. The summed E-state index contributed by atoms with van der Waals surface area (Å²) in [5, 5.41) is 0. The molecule has 2 aromatic heterocycles. The standard InChI is InChI=1S/C10H13N5O7P2S2/c11-10-13-8-7(9(16)14-10)12-3-15(8)6-1-4(22-23(17)25)5(21-6)2-20-24(18,19)26/h3-6H,1-2H2,(H5-,11,13,14,16,17,18,19,25,26)/p+1/t4-,5+,6+/m0/s1. The number of nitrogens with one attached hydrogen (secondary N) is 1. The Labute approximate surface area is 157 Å². The molecule has 12 nitrogen and oxygen atoms in total. The summed E-state index contributed by atoms with van der Waals surface area (Å²) in [7, 11) is -2.25. The monoisotopic (exact) mass is 442 g/mol. The number of nitrogens with zero attached hydrogens (tertiary/aromatic N) is 3. The Bertz CT molecular complexity index is 945. The molecule has 3 heterocycles. The summed E-state index contributed by atoms with van der Waals surface area (Å²) in [5.41, 5.74) is 5.33. The van der Waals surface area contributed by atoms with Crippen LogP contribution in [0.5, 0.6) is 0 Å². The van der Waals surface area contributed by atoms with Gasteiger partial charge in [-0.3, -0.25) is 14.3 Å². The quantitative estimate of drug-likeness (QED) is 0.305. The van der Waals surface area contributed by atoms with Crippen molar-refractivity contribution in [2.75, 3.05) is 12.3 Å². The summed E-state index contributed by atoms with van der Waals surface area (Å²) in [6, 6.07) is 0. The van der Waals surface area contributed by atoms with Crippen LogP contribution in [0.25, 0.3) is 11.2 Å². The summed E-state index contributed by atoms with van der Waals surface area (Å²) in [4.78, 5) is 40.7. The van der Waals surface area contributed by atoms with Crippen molar-refractivity contribution in [2.45, 2.75) is 24.9 Å². The van der Waals surface area contributed by atoms with E-state index in [1.807, 2.05) is 0 Å². The number of thiol groups is 1. The van der Waals surface area contributed by atoms with Crippen LogP contribution in [0.4, 0.5) is 5.95 Å². The lowest BCUT2D eigenvalue weighted by Crippen LogP contribution is -2.27. The first-order valence-electron chi connectivity index (χ1n) is 7.05. The fourth-order valence-corrected chi connectivity index (χ4v) is 3.91. The number of rotatable bonds is 6. The molecule has 0 aromatic carbocycles. The van der Waals surface area contributed by atoms with E-state index in [0.29, 0.717) is 0 Å². The predicted molar refractivity (Wildman–Crippen MR) is 97.2 cm³/mol. The van der Waals surface area contributed by atoms with Gasteiger partial charge in [0.05, 0.1) is 12.9 Å². The minimum absolute atomic E-state index is 0.0708. The van der Waals surface area contributed by atoms with Crippen molar-refractivity contribution in [3.8, 4) is 0 Å². The minimum atomic E-state index is -3.90. The Morgan fingerprint density at radius 1 is 1.62 bits per heavy atom. The van der Waals surface area contributed by atoms with E-state index in [2.05, 4.69) is 39.0 Å².